The highest BCUT2D eigenvalue weighted by molar-refractivity contribution is 5.38. The molecule has 11 heavy (non-hydrogen) atoms. The fraction of sp³-hybridized carbons (Fsp3) is 0.800. The van der Waals surface area contributed by atoms with Gasteiger partial charge < -0.3 is 5.11 Å². The van der Waals surface area contributed by atoms with Gasteiger partial charge in [-0.1, -0.05) is 32.4 Å². The quantitative estimate of drug-likeness (QED) is 0.526. The summed E-state index contributed by atoms with van der Waals surface area (Å²) in [7, 11) is 0. The van der Waals surface area contributed by atoms with Crippen LogP contribution in [-0.4, -0.2) is 11.2 Å². The number of hydrogen-bond acceptors (Lipinski definition) is 1. The van der Waals surface area contributed by atoms with Crippen LogP contribution in [0.5, 0.6) is 0 Å². The van der Waals surface area contributed by atoms with E-state index < -0.39 is 0 Å². The van der Waals surface area contributed by atoms with E-state index in [2.05, 4.69) is 26.8 Å². The third kappa shape index (κ3) is 0.871. The lowest BCUT2D eigenvalue weighted by Gasteiger charge is -2.17. The van der Waals surface area contributed by atoms with Crippen molar-refractivity contribution in [2.75, 3.05) is 0 Å². The van der Waals surface area contributed by atoms with E-state index in [9.17, 15) is 5.11 Å². The lowest BCUT2D eigenvalue weighted by atomic mass is 9.94. The number of aliphatic hydroxyl groups is 1. The molecule has 0 aromatic carbocycles. The first-order valence-corrected chi connectivity index (χ1v) is 4.43. The van der Waals surface area contributed by atoms with Gasteiger partial charge in [0.05, 0.1) is 6.10 Å². The number of aliphatic hydroxyl groups excluding tert-OH is 1. The van der Waals surface area contributed by atoms with Crippen LogP contribution >= 0.6 is 0 Å². The molecule has 3 atom stereocenters. The molecular formula is C10H16O. The number of fused-ring (bicyclic) bond motifs is 1. The Kier molecular flexibility index (Phi) is 1.26. The van der Waals surface area contributed by atoms with Crippen LogP contribution in [0.2, 0.25) is 0 Å². The molecule has 0 heterocycles. The topological polar surface area (TPSA) is 20.2 Å². The molecule has 0 bridgehead atoms. The number of hydrogen-bond donors (Lipinski definition) is 1. The van der Waals surface area contributed by atoms with Crippen molar-refractivity contribution >= 4 is 0 Å². The zero-order valence-corrected chi connectivity index (χ0v) is 7.46. The summed E-state index contributed by atoms with van der Waals surface area (Å²) in [5.74, 6) is 1.07. The molecule has 1 saturated carbocycles. The molecule has 1 fully saturated rings. The van der Waals surface area contributed by atoms with E-state index in [-0.39, 0.29) is 6.10 Å². The summed E-state index contributed by atoms with van der Waals surface area (Å²) in [5.41, 5.74) is 1.99. The maximum absolute atomic E-state index is 9.56. The van der Waals surface area contributed by atoms with Gasteiger partial charge in [-0.3, -0.25) is 0 Å². The molecule has 1 N–H and O–H groups in total. The summed E-state index contributed by atoms with van der Waals surface area (Å²) in [5, 5.41) is 9.56. The fourth-order valence-electron chi connectivity index (χ4n) is 2.28. The van der Waals surface area contributed by atoms with Crippen LogP contribution < -0.4 is 0 Å². The zero-order chi connectivity index (χ0) is 8.22. The smallest absolute Gasteiger partial charge is 0.0606 e. The molecule has 2 aliphatic rings. The van der Waals surface area contributed by atoms with Crippen molar-refractivity contribution in [2.45, 2.75) is 33.3 Å². The molecule has 1 heteroatoms. The molecule has 0 amide bonds. The van der Waals surface area contributed by atoms with Crippen LogP contribution in [0.1, 0.15) is 27.2 Å². The van der Waals surface area contributed by atoms with Gasteiger partial charge in [-0.2, -0.15) is 0 Å². The Morgan fingerprint density at radius 2 is 2.18 bits per heavy atom. The second kappa shape index (κ2) is 1.89. The first-order chi connectivity index (χ1) is 5.03. The standard InChI is InChI=1S/C10H16O/c1-6-4-7-8(5-9(6)11)10(7,2)3/h4,6,8-9,11H,5H2,1-3H3. The second-order valence-corrected chi connectivity index (χ2v) is 4.56. The van der Waals surface area contributed by atoms with E-state index in [4.69, 9.17) is 0 Å². The monoisotopic (exact) mass is 152 g/mol. The molecule has 0 radical (unpaired) electrons. The van der Waals surface area contributed by atoms with Crippen molar-refractivity contribution in [2.24, 2.45) is 17.3 Å². The molecule has 0 saturated heterocycles. The molecule has 1 nitrogen and oxygen atoms in total. The van der Waals surface area contributed by atoms with E-state index in [1.54, 1.807) is 5.57 Å². The van der Waals surface area contributed by atoms with Crippen molar-refractivity contribution < 1.29 is 5.11 Å². The molecule has 62 valence electrons. The highest BCUT2D eigenvalue weighted by atomic mass is 16.3. The van der Waals surface area contributed by atoms with Crippen LogP contribution in [0, 0.1) is 17.3 Å². The Labute approximate surface area is 68.1 Å². The highest BCUT2D eigenvalue weighted by Gasteiger charge is 2.54. The van der Waals surface area contributed by atoms with Gasteiger partial charge in [-0.05, 0) is 17.8 Å². The summed E-state index contributed by atoms with van der Waals surface area (Å²) in [4.78, 5) is 0. The minimum Gasteiger partial charge on any atom is -0.393 e. The lowest BCUT2D eigenvalue weighted by Crippen LogP contribution is -2.18. The Bertz CT molecular complexity index is 215. The predicted octanol–water partition coefficient (Wildman–Crippen LogP) is 1.97. The molecular weight excluding hydrogens is 136 g/mol. The SMILES string of the molecule is CC1C=C2C(CC1O)C2(C)C. The van der Waals surface area contributed by atoms with Crippen LogP contribution in [0.25, 0.3) is 0 Å². The summed E-state index contributed by atoms with van der Waals surface area (Å²) in [6, 6.07) is 0. The Morgan fingerprint density at radius 1 is 1.55 bits per heavy atom. The zero-order valence-electron chi connectivity index (χ0n) is 7.46. The van der Waals surface area contributed by atoms with Crippen LogP contribution in [0.15, 0.2) is 11.6 Å². The maximum atomic E-state index is 9.56. The third-order valence-electron chi connectivity index (χ3n) is 3.43. The van der Waals surface area contributed by atoms with Gasteiger partial charge in [-0.15, -0.1) is 0 Å². The molecule has 0 aliphatic heterocycles. The van der Waals surface area contributed by atoms with Crippen LogP contribution in [-0.2, 0) is 0 Å². The average Bonchev–Trinajstić information content (AvgIpc) is 2.39. The van der Waals surface area contributed by atoms with Gasteiger partial charge in [-0.25, -0.2) is 0 Å². The molecule has 0 aromatic rings. The molecule has 2 aliphatic carbocycles. The van der Waals surface area contributed by atoms with Gasteiger partial charge in [0.15, 0.2) is 0 Å². The van der Waals surface area contributed by atoms with Crippen molar-refractivity contribution in [3.63, 3.8) is 0 Å². The van der Waals surface area contributed by atoms with E-state index in [1.165, 1.54) is 0 Å². The Balaban J connectivity index is 2.23. The van der Waals surface area contributed by atoms with Crippen LogP contribution in [0.4, 0.5) is 0 Å². The average molecular weight is 152 g/mol. The minimum absolute atomic E-state index is 0.0921. The summed E-state index contributed by atoms with van der Waals surface area (Å²) in [6.45, 7) is 6.64. The predicted molar refractivity (Wildman–Crippen MR) is 45.1 cm³/mol. The minimum atomic E-state index is -0.0921. The summed E-state index contributed by atoms with van der Waals surface area (Å²) < 4.78 is 0. The van der Waals surface area contributed by atoms with Gasteiger partial charge in [0.2, 0.25) is 0 Å². The van der Waals surface area contributed by atoms with Crippen molar-refractivity contribution in [1.82, 2.24) is 0 Å². The fourth-order valence-corrected chi connectivity index (χ4v) is 2.28. The number of allylic oxidation sites excluding steroid dienone is 1. The van der Waals surface area contributed by atoms with E-state index >= 15 is 0 Å². The van der Waals surface area contributed by atoms with Gasteiger partial charge in [0.25, 0.3) is 0 Å². The first-order valence-electron chi connectivity index (χ1n) is 4.43. The highest BCUT2D eigenvalue weighted by Crippen LogP contribution is 2.62. The number of rotatable bonds is 0. The summed E-state index contributed by atoms with van der Waals surface area (Å²) in [6.07, 6.45) is 3.16. The largest absolute Gasteiger partial charge is 0.393 e. The second-order valence-electron chi connectivity index (χ2n) is 4.56. The summed E-state index contributed by atoms with van der Waals surface area (Å²) >= 11 is 0. The normalized spacial score (nSPS) is 46.2. The third-order valence-corrected chi connectivity index (χ3v) is 3.43. The Hall–Kier alpha value is -0.300. The van der Waals surface area contributed by atoms with E-state index in [0.29, 0.717) is 17.3 Å². The van der Waals surface area contributed by atoms with Crippen LogP contribution in [0.3, 0.4) is 0 Å². The lowest BCUT2D eigenvalue weighted by molar-refractivity contribution is 0.115. The molecule has 0 aromatic heterocycles. The maximum Gasteiger partial charge on any atom is 0.0606 e. The van der Waals surface area contributed by atoms with Gasteiger partial charge >= 0.3 is 0 Å². The molecule has 0 spiro atoms. The van der Waals surface area contributed by atoms with Gasteiger partial charge in [0.1, 0.15) is 0 Å². The molecule has 2 rings (SSSR count). The van der Waals surface area contributed by atoms with E-state index in [1.807, 2.05) is 0 Å². The van der Waals surface area contributed by atoms with E-state index in [0.717, 1.165) is 6.42 Å². The van der Waals surface area contributed by atoms with Crippen molar-refractivity contribution in [3.05, 3.63) is 11.6 Å². The van der Waals surface area contributed by atoms with Crippen molar-refractivity contribution in [1.29, 1.82) is 0 Å². The van der Waals surface area contributed by atoms with Gasteiger partial charge in [0, 0.05) is 5.92 Å². The molecule has 3 unspecified atom stereocenters. The first kappa shape index (κ1) is 7.35. The van der Waals surface area contributed by atoms with Crippen molar-refractivity contribution in [3.8, 4) is 0 Å². The Morgan fingerprint density at radius 3 is 2.73 bits per heavy atom.